The number of phenols is 1. The molecule has 3 rings (SSSR count). The van der Waals surface area contributed by atoms with Crippen molar-refractivity contribution in [3.05, 3.63) is 54.1 Å². The summed E-state index contributed by atoms with van der Waals surface area (Å²) in [5.74, 6) is 0.444. The van der Waals surface area contributed by atoms with E-state index in [1.54, 1.807) is 18.2 Å². The van der Waals surface area contributed by atoms with Crippen LogP contribution in [0.2, 0.25) is 0 Å². The Bertz CT molecular complexity index is 895. The highest BCUT2D eigenvalue weighted by atomic mass is 16.5. The molecule has 0 saturated heterocycles. The monoisotopic (exact) mass is 306 g/mol. The molecule has 0 spiro atoms. The van der Waals surface area contributed by atoms with Gasteiger partial charge in [0.05, 0.1) is 12.8 Å². The summed E-state index contributed by atoms with van der Waals surface area (Å²) in [6, 6.07) is 16.3. The molecule has 0 saturated carbocycles. The maximum Gasteiger partial charge on any atom is 0.167 e. The lowest BCUT2D eigenvalue weighted by Crippen LogP contribution is -2.01. The Morgan fingerprint density at radius 2 is 1.91 bits per heavy atom. The smallest absolute Gasteiger partial charge is 0.167 e. The molecule has 6 heteroatoms. The highest BCUT2D eigenvalue weighted by Crippen LogP contribution is 2.39. The number of para-hydroxylation sites is 2. The van der Waals surface area contributed by atoms with Gasteiger partial charge in [0, 0.05) is 5.56 Å². The highest BCUT2D eigenvalue weighted by molar-refractivity contribution is 5.79. The largest absolute Gasteiger partial charge is 0.504 e. The van der Waals surface area contributed by atoms with E-state index in [4.69, 9.17) is 10.5 Å². The van der Waals surface area contributed by atoms with Crippen molar-refractivity contribution in [2.45, 2.75) is 0 Å². The number of phenolic OH excluding ortho intramolecular Hbond substituents is 1. The van der Waals surface area contributed by atoms with Crippen LogP contribution in [0, 0.1) is 11.3 Å². The third-order valence-electron chi connectivity index (χ3n) is 3.51. The number of aromatic hydroxyl groups is 1. The van der Waals surface area contributed by atoms with E-state index in [-0.39, 0.29) is 17.1 Å². The molecule has 0 atom stereocenters. The SMILES string of the molecule is COc1cccc(-c2nn(-c3ccccc3)c(N)c2C#N)c1O. The summed E-state index contributed by atoms with van der Waals surface area (Å²) in [6.07, 6.45) is 0. The van der Waals surface area contributed by atoms with Crippen molar-refractivity contribution in [3.63, 3.8) is 0 Å². The summed E-state index contributed by atoms with van der Waals surface area (Å²) in [5.41, 5.74) is 7.71. The molecule has 0 amide bonds. The molecule has 2 aromatic carbocycles. The quantitative estimate of drug-likeness (QED) is 0.775. The number of nitrogens with zero attached hydrogens (tertiary/aromatic N) is 3. The Labute approximate surface area is 133 Å². The third-order valence-corrected chi connectivity index (χ3v) is 3.51. The second-order valence-corrected chi connectivity index (χ2v) is 4.82. The number of nitrogens with two attached hydrogens (primary N) is 1. The predicted octanol–water partition coefficient (Wildman–Crippen LogP) is 2.71. The first-order valence-electron chi connectivity index (χ1n) is 6.87. The lowest BCUT2D eigenvalue weighted by atomic mass is 10.1. The minimum atomic E-state index is -0.0794. The number of aromatic nitrogens is 2. The Balaban J connectivity index is 2.24. The molecule has 3 aromatic rings. The van der Waals surface area contributed by atoms with Crippen LogP contribution in [0.15, 0.2) is 48.5 Å². The Morgan fingerprint density at radius 3 is 2.57 bits per heavy atom. The van der Waals surface area contributed by atoms with Gasteiger partial charge in [0.2, 0.25) is 0 Å². The van der Waals surface area contributed by atoms with Gasteiger partial charge in [0.15, 0.2) is 11.5 Å². The maximum atomic E-state index is 10.3. The fraction of sp³-hybridized carbons (Fsp3) is 0.0588. The zero-order chi connectivity index (χ0) is 16.4. The number of hydrogen-bond acceptors (Lipinski definition) is 5. The first-order valence-corrected chi connectivity index (χ1v) is 6.87. The van der Waals surface area contributed by atoms with E-state index in [1.165, 1.54) is 11.8 Å². The second kappa shape index (κ2) is 5.73. The van der Waals surface area contributed by atoms with Gasteiger partial charge >= 0.3 is 0 Å². The Hall–Kier alpha value is -3.46. The van der Waals surface area contributed by atoms with E-state index < -0.39 is 0 Å². The number of anilines is 1. The summed E-state index contributed by atoms with van der Waals surface area (Å²) >= 11 is 0. The van der Waals surface area contributed by atoms with Gasteiger partial charge < -0.3 is 15.6 Å². The normalized spacial score (nSPS) is 10.3. The molecule has 6 nitrogen and oxygen atoms in total. The van der Waals surface area contributed by atoms with Crippen molar-refractivity contribution in [2.75, 3.05) is 12.8 Å². The number of benzene rings is 2. The summed E-state index contributed by atoms with van der Waals surface area (Å²) in [6.45, 7) is 0. The highest BCUT2D eigenvalue weighted by Gasteiger charge is 2.21. The molecule has 3 N–H and O–H groups in total. The van der Waals surface area contributed by atoms with Crippen molar-refractivity contribution in [3.8, 4) is 34.5 Å². The molecule has 0 bridgehead atoms. The number of hydrogen-bond donors (Lipinski definition) is 2. The average molecular weight is 306 g/mol. The minimum absolute atomic E-state index is 0.0794. The second-order valence-electron chi connectivity index (χ2n) is 4.82. The van der Waals surface area contributed by atoms with Crippen LogP contribution in [0.3, 0.4) is 0 Å². The number of ether oxygens (including phenoxy) is 1. The van der Waals surface area contributed by atoms with E-state index in [2.05, 4.69) is 11.2 Å². The van der Waals surface area contributed by atoms with E-state index in [0.29, 0.717) is 17.0 Å². The molecule has 114 valence electrons. The fourth-order valence-corrected chi connectivity index (χ4v) is 2.37. The van der Waals surface area contributed by atoms with Crippen LogP contribution >= 0.6 is 0 Å². The van der Waals surface area contributed by atoms with Crippen LogP contribution in [0.5, 0.6) is 11.5 Å². The van der Waals surface area contributed by atoms with Gasteiger partial charge in [0.25, 0.3) is 0 Å². The van der Waals surface area contributed by atoms with Gasteiger partial charge in [-0.15, -0.1) is 0 Å². The van der Waals surface area contributed by atoms with Crippen molar-refractivity contribution in [1.29, 1.82) is 5.26 Å². The van der Waals surface area contributed by atoms with Gasteiger partial charge in [-0.25, -0.2) is 4.68 Å². The molecule has 1 aromatic heterocycles. The molecule has 0 aliphatic carbocycles. The van der Waals surface area contributed by atoms with Crippen molar-refractivity contribution in [2.24, 2.45) is 0 Å². The summed E-state index contributed by atoms with van der Waals surface area (Å²) in [7, 11) is 1.46. The van der Waals surface area contributed by atoms with Crippen LogP contribution in [-0.4, -0.2) is 22.0 Å². The third kappa shape index (κ3) is 2.34. The standard InChI is InChI=1S/C17H14N4O2/c1-23-14-9-5-8-12(16(14)22)15-13(10-18)17(19)21(20-15)11-6-3-2-4-7-11/h2-9,22H,19H2,1H3. The average Bonchev–Trinajstić information content (AvgIpc) is 2.92. The zero-order valence-electron chi connectivity index (χ0n) is 12.4. The topological polar surface area (TPSA) is 97.1 Å². The van der Waals surface area contributed by atoms with E-state index in [1.807, 2.05) is 30.3 Å². The van der Waals surface area contributed by atoms with Gasteiger partial charge in [-0.05, 0) is 24.3 Å². The van der Waals surface area contributed by atoms with Crippen LogP contribution < -0.4 is 10.5 Å². The molecule has 0 radical (unpaired) electrons. The number of nitrogen functional groups attached to an aromatic ring is 1. The van der Waals surface area contributed by atoms with Crippen LogP contribution in [-0.2, 0) is 0 Å². The van der Waals surface area contributed by atoms with Crippen molar-refractivity contribution in [1.82, 2.24) is 9.78 Å². The molecule has 0 aliphatic heterocycles. The van der Waals surface area contributed by atoms with E-state index in [0.717, 1.165) is 5.69 Å². The van der Waals surface area contributed by atoms with Gasteiger partial charge in [-0.3, -0.25) is 0 Å². The number of nitriles is 1. The lowest BCUT2D eigenvalue weighted by molar-refractivity contribution is 0.374. The first-order chi connectivity index (χ1) is 11.2. The summed E-state index contributed by atoms with van der Waals surface area (Å²) in [5, 5.41) is 24.2. The Morgan fingerprint density at radius 1 is 1.17 bits per heavy atom. The number of rotatable bonds is 3. The van der Waals surface area contributed by atoms with Gasteiger partial charge in [-0.2, -0.15) is 10.4 Å². The molecular weight excluding hydrogens is 292 g/mol. The molecular formula is C17H14N4O2. The summed E-state index contributed by atoms with van der Waals surface area (Å²) < 4.78 is 6.58. The molecule has 0 fully saturated rings. The minimum Gasteiger partial charge on any atom is -0.504 e. The molecule has 1 heterocycles. The van der Waals surface area contributed by atoms with Gasteiger partial charge in [0.1, 0.15) is 23.1 Å². The Kier molecular flexibility index (Phi) is 3.61. The van der Waals surface area contributed by atoms with Crippen LogP contribution in [0.4, 0.5) is 5.82 Å². The maximum absolute atomic E-state index is 10.3. The van der Waals surface area contributed by atoms with Crippen molar-refractivity contribution >= 4 is 5.82 Å². The van der Waals surface area contributed by atoms with Crippen LogP contribution in [0.25, 0.3) is 16.9 Å². The van der Waals surface area contributed by atoms with E-state index >= 15 is 0 Å². The summed E-state index contributed by atoms with van der Waals surface area (Å²) in [4.78, 5) is 0. The van der Waals surface area contributed by atoms with Crippen molar-refractivity contribution < 1.29 is 9.84 Å². The van der Waals surface area contributed by atoms with Crippen LogP contribution in [0.1, 0.15) is 5.56 Å². The fourth-order valence-electron chi connectivity index (χ4n) is 2.37. The first kappa shape index (κ1) is 14.5. The van der Waals surface area contributed by atoms with E-state index in [9.17, 15) is 10.4 Å². The van der Waals surface area contributed by atoms with Gasteiger partial charge in [-0.1, -0.05) is 24.3 Å². The predicted molar refractivity (Wildman–Crippen MR) is 86.3 cm³/mol. The number of methoxy groups -OCH3 is 1. The zero-order valence-corrected chi connectivity index (χ0v) is 12.4. The molecule has 23 heavy (non-hydrogen) atoms. The lowest BCUT2D eigenvalue weighted by Gasteiger charge is -2.06. The molecule has 0 aliphatic rings. The molecule has 0 unspecified atom stereocenters.